The molecular weight excluding hydrogens is 278 g/mol. The van der Waals surface area contributed by atoms with E-state index in [0.29, 0.717) is 13.1 Å². The van der Waals surface area contributed by atoms with Gasteiger partial charge in [-0.3, -0.25) is 14.5 Å². The SMILES string of the molecule is O=C1[C@H]2CN(Cc3ccccc3)CCN2C(=O)[C@H]2CCCN12. The third kappa shape index (κ3) is 2.20. The summed E-state index contributed by atoms with van der Waals surface area (Å²) in [5.41, 5.74) is 1.25. The first-order chi connectivity index (χ1) is 10.7. The fourth-order valence-electron chi connectivity index (χ4n) is 3.97. The number of rotatable bonds is 2. The summed E-state index contributed by atoms with van der Waals surface area (Å²) in [6.45, 7) is 3.76. The van der Waals surface area contributed by atoms with Crippen molar-refractivity contribution in [3.05, 3.63) is 35.9 Å². The van der Waals surface area contributed by atoms with Crippen LogP contribution in [0.5, 0.6) is 0 Å². The molecule has 0 aliphatic carbocycles. The number of nitrogens with zero attached hydrogens (tertiary/aromatic N) is 3. The van der Waals surface area contributed by atoms with E-state index in [1.54, 1.807) is 0 Å². The van der Waals surface area contributed by atoms with Crippen LogP contribution >= 0.6 is 0 Å². The smallest absolute Gasteiger partial charge is 0.247 e. The summed E-state index contributed by atoms with van der Waals surface area (Å²) in [7, 11) is 0. The van der Waals surface area contributed by atoms with E-state index in [1.807, 2.05) is 28.0 Å². The predicted molar refractivity (Wildman–Crippen MR) is 82.0 cm³/mol. The molecule has 0 saturated carbocycles. The highest BCUT2D eigenvalue weighted by Crippen LogP contribution is 2.29. The average molecular weight is 299 g/mol. The fraction of sp³-hybridized carbons (Fsp3) is 0.529. The zero-order valence-electron chi connectivity index (χ0n) is 12.6. The van der Waals surface area contributed by atoms with Gasteiger partial charge in [0.05, 0.1) is 0 Å². The molecule has 3 aliphatic heterocycles. The molecule has 1 aromatic carbocycles. The topological polar surface area (TPSA) is 43.9 Å². The number of hydrogen-bond donors (Lipinski definition) is 0. The quantitative estimate of drug-likeness (QED) is 0.807. The Morgan fingerprint density at radius 3 is 2.45 bits per heavy atom. The van der Waals surface area contributed by atoms with Gasteiger partial charge in [-0.1, -0.05) is 30.3 Å². The van der Waals surface area contributed by atoms with Crippen LogP contribution in [-0.4, -0.2) is 64.8 Å². The molecule has 116 valence electrons. The minimum atomic E-state index is -0.278. The molecule has 2 amide bonds. The van der Waals surface area contributed by atoms with Gasteiger partial charge >= 0.3 is 0 Å². The van der Waals surface area contributed by atoms with Crippen LogP contribution in [0.3, 0.4) is 0 Å². The van der Waals surface area contributed by atoms with Gasteiger partial charge in [-0.05, 0) is 18.4 Å². The number of hydrogen-bond acceptors (Lipinski definition) is 3. The number of carbonyl (C=O) groups is 2. The zero-order valence-corrected chi connectivity index (χ0v) is 12.6. The molecule has 3 fully saturated rings. The Labute approximate surface area is 130 Å². The largest absolute Gasteiger partial charge is 0.329 e. The second kappa shape index (κ2) is 5.39. The summed E-state index contributed by atoms with van der Waals surface area (Å²) < 4.78 is 0. The van der Waals surface area contributed by atoms with Crippen LogP contribution in [0.2, 0.25) is 0 Å². The van der Waals surface area contributed by atoms with Gasteiger partial charge in [-0.25, -0.2) is 0 Å². The second-order valence-electron chi connectivity index (χ2n) is 6.46. The molecule has 3 heterocycles. The summed E-state index contributed by atoms with van der Waals surface area (Å²) in [6.07, 6.45) is 1.79. The molecule has 0 aromatic heterocycles. The van der Waals surface area contributed by atoms with E-state index in [-0.39, 0.29) is 23.9 Å². The molecule has 0 spiro atoms. The maximum absolute atomic E-state index is 12.7. The van der Waals surface area contributed by atoms with Crippen molar-refractivity contribution in [2.24, 2.45) is 0 Å². The van der Waals surface area contributed by atoms with Crippen molar-refractivity contribution >= 4 is 11.8 Å². The zero-order chi connectivity index (χ0) is 15.1. The Balaban J connectivity index is 1.50. The van der Waals surface area contributed by atoms with Crippen LogP contribution in [0.4, 0.5) is 0 Å². The average Bonchev–Trinajstić information content (AvgIpc) is 3.04. The Kier molecular flexibility index (Phi) is 3.37. The van der Waals surface area contributed by atoms with Gasteiger partial charge < -0.3 is 9.80 Å². The first-order valence-electron chi connectivity index (χ1n) is 8.11. The first kappa shape index (κ1) is 13.8. The van der Waals surface area contributed by atoms with Crippen LogP contribution in [0.15, 0.2) is 30.3 Å². The Morgan fingerprint density at radius 1 is 0.909 bits per heavy atom. The second-order valence-corrected chi connectivity index (χ2v) is 6.46. The summed E-state index contributed by atoms with van der Waals surface area (Å²) >= 11 is 0. The van der Waals surface area contributed by atoms with E-state index in [1.165, 1.54) is 5.56 Å². The molecule has 5 nitrogen and oxygen atoms in total. The summed E-state index contributed by atoms with van der Waals surface area (Å²) in [5, 5.41) is 0. The van der Waals surface area contributed by atoms with Crippen molar-refractivity contribution in [3.8, 4) is 0 Å². The van der Waals surface area contributed by atoms with E-state index in [4.69, 9.17) is 0 Å². The fourth-order valence-corrected chi connectivity index (χ4v) is 3.97. The molecule has 5 heteroatoms. The number of carbonyl (C=O) groups excluding carboxylic acids is 2. The molecular formula is C17H21N3O2. The molecule has 3 aliphatic rings. The Bertz CT molecular complexity index is 589. The molecule has 2 atom stereocenters. The predicted octanol–water partition coefficient (Wildman–Crippen LogP) is 0.704. The van der Waals surface area contributed by atoms with E-state index in [2.05, 4.69) is 17.0 Å². The first-order valence-corrected chi connectivity index (χ1v) is 8.11. The van der Waals surface area contributed by atoms with Crippen LogP contribution in [0.1, 0.15) is 18.4 Å². The summed E-state index contributed by atoms with van der Waals surface area (Å²) in [4.78, 5) is 31.2. The molecule has 0 bridgehead atoms. The third-order valence-electron chi connectivity index (χ3n) is 5.10. The maximum Gasteiger partial charge on any atom is 0.247 e. The Morgan fingerprint density at radius 2 is 1.64 bits per heavy atom. The van der Waals surface area contributed by atoms with Gasteiger partial charge in [0.25, 0.3) is 0 Å². The van der Waals surface area contributed by atoms with Gasteiger partial charge in [0.1, 0.15) is 12.1 Å². The van der Waals surface area contributed by atoms with Crippen molar-refractivity contribution < 1.29 is 9.59 Å². The van der Waals surface area contributed by atoms with Crippen molar-refractivity contribution in [3.63, 3.8) is 0 Å². The molecule has 22 heavy (non-hydrogen) atoms. The van der Waals surface area contributed by atoms with Crippen LogP contribution in [0, 0.1) is 0 Å². The van der Waals surface area contributed by atoms with Gasteiger partial charge in [-0.2, -0.15) is 0 Å². The van der Waals surface area contributed by atoms with E-state index >= 15 is 0 Å². The van der Waals surface area contributed by atoms with Crippen molar-refractivity contribution in [1.82, 2.24) is 14.7 Å². The standard InChI is InChI=1S/C17H21N3O2/c21-16-14-7-4-8-19(14)17(22)15-12-18(9-10-20(15)16)11-13-5-2-1-3-6-13/h1-3,5-6,14-15H,4,7-12H2/t14-,15-/m1/s1. The van der Waals surface area contributed by atoms with E-state index < -0.39 is 0 Å². The monoisotopic (exact) mass is 299 g/mol. The molecule has 0 radical (unpaired) electrons. The number of benzene rings is 1. The highest BCUT2D eigenvalue weighted by atomic mass is 16.2. The molecule has 0 unspecified atom stereocenters. The lowest BCUT2D eigenvalue weighted by molar-refractivity contribution is -0.163. The Hall–Kier alpha value is -1.88. The van der Waals surface area contributed by atoms with Crippen LogP contribution < -0.4 is 0 Å². The number of amides is 2. The lowest BCUT2D eigenvalue weighted by atomic mass is 10.0. The summed E-state index contributed by atoms with van der Waals surface area (Å²) in [6, 6.07) is 9.85. The van der Waals surface area contributed by atoms with Gasteiger partial charge in [0.15, 0.2) is 0 Å². The molecule has 1 aromatic rings. The highest BCUT2D eigenvalue weighted by molar-refractivity contribution is 5.97. The van der Waals surface area contributed by atoms with Crippen LogP contribution in [0.25, 0.3) is 0 Å². The molecule has 0 N–H and O–H groups in total. The number of piperazine rings is 2. The maximum atomic E-state index is 12.7. The third-order valence-corrected chi connectivity index (χ3v) is 5.10. The van der Waals surface area contributed by atoms with Gasteiger partial charge in [0.2, 0.25) is 11.8 Å². The highest BCUT2D eigenvalue weighted by Gasteiger charge is 2.49. The molecule has 3 saturated heterocycles. The minimum absolute atomic E-state index is 0.153. The van der Waals surface area contributed by atoms with Crippen molar-refractivity contribution in [2.45, 2.75) is 31.5 Å². The lowest BCUT2D eigenvalue weighted by Gasteiger charge is -2.47. The minimum Gasteiger partial charge on any atom is -0.329 e. The van der Waals surface area contributed by atoms with Crippen LogP contribution in [-0.2, 0) is 16.1 Å². The van der Waals surface area contributed by atoms with Gasteiger partial charge in [0, 0.05) is 32.7 Å². The van der Waals surface area contributed by atoms with E-state index in [0.717, 1.165) is 32.5 Å². The van der Waals surface area contributed by atoms with Crippen molar-refractivity contribution in [2.75, 3.05) is 26.2 Å². The normalized spacial score (nSPS) is 28.7. The van der Waals surface area contributed by atoms with E-state index in [9.17, 15) is 9.59 Å². The van der Waals surface area contributed by atoms with Crippen molar-refractivity contribution in [1.29, 1.82) is 0 Å². The lowest BCUT2D eigenvalue weighted by Crippen LogP contribution is -2.68. The number of fused-ring (bicyclic) bond motifs is 2. The summed E-state index contributed by atoms with van der Waals surface area (Å²) in [5.74, 6) is 0.321. The molecule has 4 rings (SSSR count). The van der Waals surface area contributed by atoms with Gasteiger partial charge in [-0.15, -0.1) is 0 Å².